The van der Waals surface area contributed by atoms with Crippen LogP contribution in [0, 0.1) is 5.92 Å². The molecule has 1 aliphatic rings. The molecule has 0 aliphatic heterocycles. The first-order chi connectivity index (χ1) is 15.0. The Balaban J connectivity index is 2.45. The number of rotatable bonds is 11. The van der Waals surface area contributed by atoms with Gasteiger partial charge in [0.05, 0.1) is 6.04 Å². The first kappa shape index (κ1) is 25.7. The molecule has 172 valence electrons. The number of hydrogen-bond acceptors (Lipinski definition) is 1. The minimum absolute atomic E-state index is 0.00210. The molecule has 1 nitrogen and oxygen atoms in total. The van der Waals surface area contributed by atoms with Gasteiger partial charge in [-0.05, 0) is 106 Å². The maximum absolute atomic E-state index is 6.71. The minimum atomic E-state index is -0.00210. The molecule has 1 aliphatic carbocycles. The van der Waals surface area contributed by atoms with Crippen molar-refractivity contribution in [3.63, 3.8) is 0 Å². The lowest BCUT2D eigenvalue weighted by Crippen LogP contribution is -2.15. The van der Waals surface area contributed by atoms with E-state index in [-0.39, 0.29) is 6.04 Å². The van der Waals surface area contributed by atoms with Gasteiger partial charge in [-0.1, -0.05) is 75.1 Å². The molecule has 31 heavy (non-hydrogen) atoms. The predicted octanol–water partition coefficient (Wildman–Crippen LogP) is 9.27. The quantitative estimate of drug-likeness (QED) is 0.354. The van der Waals surface area contributed by atoms with Crippen LogP contribution in [-0.4, -0.2) is 0 Å². The van der Waals surface area contributed by atoms with Crippen LogP contribution in [0.15, 0.2) is 47.6 Å². The molecule has 0 saturated heterocycles. The molecule has 0 heterocycles. The fraction of sp³-hybridized carbons (Fsp3) is 0.600. The van der Waals surface area contributed by atoms with Crippen LogP contribution in [0.2, 0.25) is 0 Å². The van der Waals surface area contributed by atoms with Gasteiger partial charge in [0, 0.05) is 0 Å². The molecule has 2 N–H and O–H groups in total. The average molecular weight is 422 g/mol. The number of allylic oxidation sites excluding steroid dienone is 5. The Kier molecular flexibility index (Phi) is 10.8. The third-order valence-corrected chi connectivity index (χ3v) is 7.52. The van der Waals surface area contributed by atoms with E-state index in [9.17, 15) is 0 Å². The molecule has 1 aromatic rings. The van der Waals surface area contributed by atoms with Gasteiger partial charge in [-0.15, -0.1) is 0 Å². The summed E-state index contributed by atoms with van der Waals surface area (Å²) in [5, 5.41) is 0. The zero-order chi connectivity index (χ0) is 22.8. The van der Waals surface area contributed by atoms with Crippen molar-refractivity contribution in [3.8, 4) is 0 Å². The summed E-state index contributed by atoms with van der Waals surface area (Å²) in [6, 6.07) is 7.16. The Labute approximate surface area is 192 Å². The highest BCUT2D eigenvalue weighted by Gasteiger charge is 2.26. The third kappa shape index (κ3) is 6.94. The van der Waals surface area contributed by atoms with Crippen molar-refractivity contribution in [1.82, 2.24) is 0 Å². The van der Waals surface area contributed by atoms with Crippen molar-refractivity contribution in [1.29, 1.82) is 0 Å². The second-order valence-electron chi connectivity index (χ2n) is 9.50. The van der Waals surface area contributed by atoms with Crippen molar-refractivity contribution in [2.75, 3.05) is 0 Å². The van der Waals surface area contributed by atoms with Crippen molar-refractivity contribution in [2.45, 2.75) is 111 Å². The standard InChI is InChI=1S/C30H47N/c1-7-14-26(18-13-15-22(5)8-2)29-21-27(30(31)24(9-3)10-4)19-20-28(29)23(6)25-16-11-12-17-25/h8-9,14,19-21,23,25,30H,7,10-13,15-18,31H2,1-6H3/b22-8-,24-9-,26-14+. The van der Waals surface area contributed by atoms with E-state index in [1.165, 1.54) is 66.4 Å². The van der Waals surface area contributed by atoms with Gasteiger partial charge in [-0.25, -0.2) is 0 Å². The average Bonchev–Trinajstić information content (AvgIpc) is 3.33. The molecular formula is C30H47N. The highest BCUT2D eigenvalue weighted by molar-refractivity contribution is 5.70. The molecular weight excluding hydrogens is 374 g/mol. The first-order valence-corrected chi connectivity index (χ1v) is 12.8. The lowest BCUT2D eigenvalue weighted by atomic mass is 9.80. The highest BCUT2D eigenvalue weighted by atomic mass is 14.6. The van der Waals surface area contributed by atoms with Crippen molar-refractivity contribution >= 4 is 5.57 Å². The Morgan fingerprint density at radius 3 is 2.39 bits per heavy atom. The van der Waals surface area contributed by atoms with Gasteiger partial charge in [0.15, 0.2) is 0 Å². The van der Waals surface area contributed by atoms with Crippen LogP contribution < -0.4 is 5.73 Å². The van der Waals surface area contributed by atoms with E-state index in [1.807, 2.05) is 0 Å². The van der Waals surface area contributed by atoms with E-state index in [1.54, 1.807) is 5.56 Å². The molecule has 0 radical (unpaired) electrons. The summed E-state index contributed by atoms with van der Waals surface area (Å²) in [5.74, 6) is 1.45. The Morgan fingerprint density at radius 1 is 1.10 bits per heavy atom. The summed E-state index contributed by atoms with van der Waals surface area (Å²) in [6.07, 6.45) is 18.1. The van der Waals surface area contributed by atoms with Gasteiger partial charge in [0.1, 0.15) is 0 Å². The van der Waals surface area contributed by atoms with E-state index >= 15 is 0 Å². The molecule has 1 saturated carbocycles. The van der Waals surface area contributed by atoms with Crippen molar-refractivity contribution in [3.05, 3.63) is 64.3 Å². The highest BCUT2D eigenvalue weighted by Crippen LogP contribution is 2.41. The van der Waals surface area contributed by atoms with Crippen LogP contribution in [0.5, 0.6) is 0 Å². The maximum Gasteiger partial charge on any atom is 0.0510 e. The summed E-state index contributed by atoms with van der Waals surface area (Å²) >= 11 is 0. The zero-order valence-corrected chi connectivity index (χ0v) is 21.1. The lowest BCUT2D eigenvalue weighted by molar-refractivity contribution is 0.460. The van der Waals surface area contributed by atoms with Gasteiger partial charge in [0.2, 0.25) is 0 Å². The fourth-order valence-corrected chi connectivity index (χ4v) is 5.27. The van der Waals surface area contributed by atoms with E-state index < -0.39 is 0 Å². The smallest absolute Gasteiger partial charge is 0.0510 e. The lowest BCUT2D eigenvalue weighted by Gasteiger charge is -2.26. The van der Waals surface area contributed by atoms with E-state index in [0.717, 1.165) is 25.2 Å². The monoisotopic (exact) mass is 421 g/mol. The van der Waals surface area contributed by atoms with Gasteiger partial charge in [-0.2, -0.15) is 0 Å². The van der Waals surface area contributed by atoms with Crippen LogP contribution in [0.1, 0.15) is 128 Å². The zero-order valence-electron chi connectivity index (χ0n) is 21.1. The second kappa shape index (κ2) is 13.1. The van der Waals surface area contributed by atoms with Crippen molar-refractivity contribution in [2.24, 2.45) is 11.7 Å². The molecule has 1 heteroatoms. The summed E-state index contributed by atoms with van der Waals surface area (Å²) < 4.78 is 0. The molecule has 1 fully saturated rings. The SMILES string of the molecule is C/C=C(/C)CCC/C(=C\CC)c1cc(C(N)/C(=C\C)CC)ccc1C(C)C1CCCC1. The predicted molar refractivity (Wildman–Crippen MR) is 139 cm³/mol. The molecule has 0 aromatic heterocycles. The second-order valence-corrected chi connectivity index (χ2v) is 9.50. The topological polar surface area (TPSA) is 26.0 Å². The molecule has 2 rings (SSSR count). The van der Waals surface area contributed by atoms with Crippen LogP contribution in [-0.2, 0) is 0 Å². The van der Waals surface area contributed by atoms with E-state index in [0.29, 0.717) is 5.92 Å². The molecule has 0 bridgehead atoms. The number of hydrogen-bond donors (Lipinski definition) is 1. The van der Waals surface area contributed by atoms with E-state index in [2.05, 4.69) is 78.0 Å². The van der Waals surface area contributed by atoms with Crippen molar-refractivity contribution < 1.29 is 0 Å². The molecule has 1 aromatic carbocycles. The summed E-state index contributed by atoms with van der Waals surface area (Å²) in [6.45, 7) is 13.4. The van der Waals surface area contributed by atoms with Crippen LogP contribution in [0.3, 0.4) is 0 Å². The van der Waals surface area contributed by atoms with Crippen LogP contribution in [0.25, 0.3) is 5.57 Å². The first-order valence-electron chi connectivity index (χ1n) is 12.8. The van der Waals surface area contributed by atoms with Gasteiger partial charge in [-0.3, -0.25) is 0 Å². The maximum atomic E-state index is 6.71. The molecule has 2 atom stereocenters. The van der Waals surface area contributed by atoms with Crippen LogP contribution >= 0.6 is 0 Å². The Bertz CT molecular complexity index is 774. The summed E-state index contributed by atoms with van der Waals surface area (Å²) in [5.41, 5.74) is 15.3. The fourth-order valence-electron chi connectivity index (χ4n) is 5.27. The summed E-state index contributed by atoms with van der Waals surface area (Å²) in [7, 11) is 0. The van der Waals surface area contributed by atoms with Gasteiger partial charge < -0.3 is 5.73 Å². The number of benzene rings is 1. The summed E-state index contributed by atoms with van der Waals surface area (Å²) in [4.78, 5) is 0. The third-order valence-electron chi connectivity index (χ3n) is 7.52. The van der Waals surface area contributed by atoms with Gasteiger partial charge >= 0.3 is 0 Å². The Hall–Kier alpha value is -1.60. The normalized spacial score (nSPS) is 18.5. The van der Waals surface area contributed by atoms with E-state index in [4.69, 9.17) is 5.73 Å². The van der Waals surface area contributed by atoms with Crippen LogP contribution in [0.4, 0.5) is 0 Å². The largest absolute Gasteiger partial charge is 0.321 e. The molecule has 0 amide bonds. The minimum Gasteiger partial charge on any atom is -0.321 e. The number of nitrogens with two attached hydrogens (primary N) is 1. The Morgan fingerprint density at radius 2 is 1.81 bits per heavy atom. The molecule has 0 spiro atoms. The van der Waals surface area contributed by atoms with Gasteiger partial charge in [0.25, 0.3) is 0 Å². The molecule has 2 unspecified atom stereocenters.